The smallest absolute Gasteiger partial charge is 0.316 e. The Balaban J connectivity index is 1.94. The van der Waals surface area contributed by atoms with Gasteiger partial charge in [0, 0.05) is 17.7 Å². The van der Waals surface area contributed by atoms with Gasteiger partial charge >= 0.3 is 5.97 Å². The summed E-state index contributed by atoms with van der Waals surface area (Å²) in [5.41, 5.74) is -0.00819. The molecule has 0 aliphatic heterocycles. The summed E-state index contributed by atoms with van der Waals surface area (Å²) in [6.07, 6.45) is 2.74. The Morgan fingerprint density at radius 3 is 2.33 bits per heavy atom. The minimum absolute atomic E-state index is 0.203. The summed E-state index contributed by atoms with van der Waals surface area (Å²) in [5, 5.41) is 7.56. The summed E-state index contributed by atoms with van der Waals surface area (Å²) in [4.78, 5) is 12.4. The molecular formula is C19H20N2O5S. The number of hydrogen-bond donors (Lipinski definition) is 1. The molecule has 27 heavy (non-hydrogen) atoms. The largest absolute Gasteiger partial charge is 0.455 e. The van der Waals surface area contributed by atoms with Gasteiger partial charge in [0.1, 0.15) is 17.0 Å². The van der Waals surface area contributed by atoms with Gasteiger partial charge in [-0.05, 0) is 51.1 Å². The molecule has 8 heteroatoms. The van der Waals surface area contributed by atoms with Gasteiger partial charge in [0.15, 0.2) is 15.6 Å². The van der Waals surface area contributed by atoms with E-state index in [1.807, 2.05) is 0 Å². The fourth-order valence-corrected chi connectivity index (χ4v) is 2.91. The predicted octanol–water partition coefficient (Wildman–Crippen LogP) is 3.71. The van der Waals surface area contributed by atoms with Gasteiger partial charge < -0.3 is 9.47 Å². The summed E-state index contributed by atoms with van der Waals surface area (Å²) >= 11 is 0. The number of aromatic amines is 1. The minimum Gasteiger partial charge on any atom is -0.455 e. The van der Waals surface area contributed by atoms with Crippen molar-refractivity contribution in [2.45, 2.75) is 25.7 Å². The Morgan fingerprint density at radius 2 is 1.74 bits per heavy atom. The molecule has 0 saturated carbocycles. The van der Waals surface area contributed by atoms with Crippen LogP contribution in [0, 0.1) is 5.41 Å². The Morgan fingerprint density at radius 1 is 1.07 bits per heavy atom. The molecule has 2 aromatic carbocycles. The number of ether oxygens (including phenoxy) is 2. The van der Waals surface area contributed by atoms with Crippen LogP contribution < -0.4 is 9.47 Å². The van der Waals surface area contributed by atoms with Crippen molar-refractivity contribution in [3.05, 3.63) is 42.6 Å². The molecule has 3 aromatic rings. The van der Waals surface area contributed by atoms with Gasteiger partial charge in [-0.3, -0.25) is 9.89 Å². The van der Waals surface area contributed by atoms with Gasteiger partial charge in [0.2, 0.25) is 0 Å². The molecule has 1 aromatic heterocycles. The van der Waals surface area contributed by atoms with Gasteiger partial charge in [-0.1, -0.05) is 0 Å². The Hall–Kier alpha value is -2.87. The molecular weight excluding hydrogens is 368 g/mol. The minimum atomic E-state index is -3.28. The summed E-state index contributed by atoms with van der Waals surface area (Å²) in [6, 6.07) is 9.35. The first-order chi connectivity index (χ1) is 12.5. The third-order valence-electron chi connectivity index (χ3n) is 3.79. The van der Waals surface area contributed by atoms with Crippen LogP contribution in [0.3, 0.4) is 0 Å². The fourth-order valence-electron chi connectivity index (χ4n) is 2.28. The molecule has 1 N–H and O–H groups in total. The van der Waals surface area contributed by atoms with Crippen LogP contribution in [0.2, 0.25) is 0 Å². The molecule has 142 valence electrons. The maximum Gasteiger partial charge on any atom is 0.316 e. The van der Waals surface area contributed by atoms with Crippen molar-refractivity contribution in [3.63, 3.8) is 0 Å². The molecule has 0 aliphatic rings. The third-order valence-corrected chi connectivity index (χ3v) is 4.92. The number of H-pyrrole nitrogens is 1. The number of carbonyl (C=O) groups excluding carboxylic acids is 1. The Kier molecular flexibility index (Phi) is 4.69. The van der Waals surface area contributed by atoms with Crippen LogP contribution in [0.1, 0.15) is 20.8 Å². The van der Waals surface area contributed by atoms with Crippen molar-refractivity contribution < 1.29 is 22.7 Å². The van der Waals surface area contributed by atoms with E-state index >= 15 is 0 Å². The highest BCUT2D eigenvalue weighted by Gasteiger charge is 2.24. The van der Waals surface area contributed by atoms with Gasteiger partial charge in [-0.2, -0.15) is 5.10 Å². The number of hydrogen-bond acceptors (Lipinski definition) is 6. The number of nitrogens with zero attached hydrogens (tertiary/aromatic N) is 1. The number of rotatable bonds is 4. The topological polar surface area (TPSA) is 98.4 Å². The highest BCUT2D eigenvalue weighted by molar-refractivity contribution is 7.90. The zero-order chi connectivity index (χ0) is 19.8. The molecule has 0 aliphatic carbocycles. The average Bonchev–Trinajstić information content (AvgIpc) is 3.02. The molecule has 3 rings (SSSR count). The van der Waals surface area contributed by atoms with E-state index in [0.29, 0.717) is 22.8 Å². The highest BCUT2D eigenvalue weighted by atomic mass is 32.2. The zero-order valence-corrected chi connectivity index (χ0v) is 16.3. The Bertz CT molecular complexity index is 1090. The number of benzene rings is 2. The maximum absolute atomic E-state index is 12.2. The van der Waals surface area contributed by atoms with Crippen LogP contribution in [-0.4, -0.2) is 30.8 Å². The second-order valence-corrected chi connectivity index (χ2v) is 9.26. The van der Waals surface area contributed by atoms with Crippen LogP contribution in [-0.2, 0) is 14.6 Å². The maximum atomic E-state index is 12.2. The van der Waals surface area contributed by atoms with Crippen LogP contribution in [0.25, 0.3) is 10.9 Å². The second-order valence-electron chi connectivity index (χ2n) is 7.24. The SMILES string of the molecule is CC(C)(C)C(=O)Oc1cc(Oc2ccc(S(C)(=O)=O)cc2)c2[nH]ncc2c1. The predicted molar refractivity (Wildman–Crippen MR) is 101 cm³/mol. The van der Waals surface area contributed by atoms with E-state index in [4.69, 9.17) is 9.47 Å². The van der Waals surface area contributed by atoms with E-state index in [0.717, 1.165) is 11.6 Å². The van der Waals surface area contributed by atoms with E-state index in [1.165, 1.54) is 12.1 Å². The molecule has 1 heterocycles. The third kappa shape index (κ3) is 4.28. The summed E-state index contributed by atoms with van der Waals surface area (Å²) < 4.78 is 34.5. The number of sulfone groups is 1. The molecule has 0 fully saturated rings. The second kappa shape index (κ2) is 6.70. The standard InChI is InChI=1S/C19H20N2O5S/c1-19(2,3)18(22)26-14-9-12-11-20-21-17(12)16(10-14)25-13-5-7-15(8-6-13)27(4,23)24/h5-11H,1-4H3,(H,20,21). The summed E-state index contributed by atoms with van der Waals surface area (Å²) in [6.45, 7) is 5.31. The van der Waals surface area contributed by atoms with Gasteiger partial charge in [0.05, 0.1) is 16.5 Å². The van der Waals surface area contributed by atoms with Crippen LogP contribution in [0.4, 0.5) is 0 Å². The van der Waals surface area contributed by atoms with Crippen molar-refractivity contribution in [2.24, 2.45) is 5.41 Å². The summed E-state index contributed by atoms with van der Waals surface area (Å²) in [7, 11) is -3.28. The lowest BCUT2D eigenvalue weighted by molar-refractivity contribution is -0.142. The van der Waals surface area contributed by atoms with Crippen LogP contribution in [0.5, 0.6) is 17.2 Å². The monoisotopic (exact) mass is 388 g/mol. The molecule has 0 unspecified atom stereocenters. The number of nitrogens with one attached hydrogen (secondary N) is 1. The lowest BCUT2D eigenvalue weighted by Gasteiger charge is -2.17. The van der Waals surface area contributed by atoms with E-state index in [9.17, 15) is 13.2 Å². The molecule has 0 bridgehead atoms. The van der Waals surface area contributed by atoms with E-state index < -0.39 is 15.3 Å². The molecule has 0 radical (unpaired) electrons. The van der Waals surface area contributed by atoms with Crippen molar-refractivity contribution >= 4 is 26.7 Å². The zero-order valence-electron chi connectivity index (χ0n) is 15.4. The number of carbonyl (C=O) groups is 1. The Labute approximate surface area is 157 Å². The van der Waals surface area contributed by atoms with E-state index in [2.05, 4.69) is 10.2 Å². The molecule has 7 nitrogen and oxygen atoms in total. The quantitative estimate of drug-likeness (QED) is 0.540. The van der Waals surface area contributed by atoms with Crippen molar-refractivity contribution in [3.8, 4) is 17.2 Å². The van der Waals surface area contributed by atoms with Crippen molar-refractivity contribution in [1.82, 2.24) is 10.2 Å². The van der Waals surface area contributed by atoms with Gasteiger partial charge in [-0.15, -0.1) is 0 Å². The normalized spacial score (nSPS) is 12.1. The number of fused-ring (bicyclic) bond motifs is 1. The van der Waals surface area contributed by atoms with Gasteiger partial charge in [0.25, 0.3) is 0 Å². The van der Waals surface area contributed by atoms with E-state index in [1.54, 1.807) is 51.2 Å². The van der Waals surface area contributed by atoms with Crippen molar-refractivity contribution in [2.75, 3.05) is 6.26 Å². The number of aromatic nitrogens is 2. The fraction of sp³-hybridized carbons (Fsp3) is 0.263. The number of esters is 1. The van der Waals surface area contributed by atoms with Crippen LogP contribution >= 0.6 is 0 Å². The highest BCUT2D eigenvalue weighted by Crippen LogP contribution is 2.34. The first kappa shape index (κ1) is 18.9. The lowest BCUT2D eigenvalue weighted by atomic mass is 9.97. The molecule has 0 amide bonds. The summed E-state index contributed by atoms with van der Waals surface area (Å²) in [5.74, 6) is 0.826. The molecule has 0 atom stereocenters. The van der Waals surface area contributed by atoms with Gasteiger partial charge in [-0.25, -0.2) is 8.42 Å². The molecule has 0 spiro atoms. The lowest BCUT2D eigenvalue weighted by Crippen LogP contribution is -2.25. The average molecular weight is 388 g/mol. The van der Waals surface area contributed by atoms with Crippen molar-refractivity contribution in [1.29, 1.82) is 0 Å². The molecule has 0 saturated heterocycles. The first-order valence-electron chi connectivity index (χ1n) is 8.21. The first-order valence-corrected chi connectivity index (χ1v) is 10.1. The van der Waals surface area contributed by atoms with E-state index in [-0.39, 0.29) is 10.9 Å². The van der Waals surface area contributed by atoms with Crippen LogP contribution in [0.15, 0.2) is 47.5 Å².